The highest BCUT2D eigenvalue weighted by atomic mass is 32.1. The van der Waals surface area contributed by atoms with Crippen molar-refractivity contribution in [2.75, 3.05) is 0 Å². The summed E-state index contributed by atoms with van der Waals surface area (Å²) in [5.41, 5.74) is 28.9. The average Bonchev–Trinajstić information content (AvgIpc) is 1.70. The quantitative estimate of drug-likeness (QED) is 0.142. The van der Waals surface area contributed by atoms with Crippen LogP contribution in [0.2, 0.25) is 0 Å². The highest BCUT2D eigenvalue weighted by molar-refractivity contribution is 7.27. The average molecular weight is 1710 g/mol. The fourth-order valence-electron chi connectivity index (χ4n) is 22.2. The van der Waals surface area contributed by atoms with Gasteiger partial charge in [-0.2, -0.15) is 0 Å². The lowest BCUT2D eigenvalue weighted by Crippen LogP contribution is -1.98. The Hall–Kier alpha value is -16.5. The van der Waals surface area contributed by atoms with Gasteiger partial charge in [-0.1, -0.05) is 394 Å². The summed E-state index contributed by atoms with van der Waals surface area (Å²) < 4.78 is 21.4. The highest BCUT2D eigenvalue weighted by Gasteiger charge is 2.33. The smallest absolute Gasteiger partial charge is 0.144 e. The van der Waals surface area contributed by atoms with Crippen molar-refractivity contribution in [3.63, 3.8) is 0 Å². The second-order valence-electron chi connectivity index (χ2n) is 34.8. The third-order valence-corrected chi connectivity index (χ3v) is 30.1. The van der Waals surface area contributed by atoms with Crippen LogP contribution in [-0.4, -0.2) is 4.57 Å². The number of para-hydroxylation sites is 4. The SMILES string of the molecule is c1ccc(-c2c3ccccc3c(-c3cc4c5ccccc5sc4c4c3oc3ccccc34)c3ccccc23)cc1.c1ccc(-c2c3ccccc3c(-c3ccc4c(c3)sc3cc5c(cc34)c3ccccc3n5-c3ccccc3)c3ccccc23)cc1.c1ccc(-c2c3ccccc3c(-c3cccc4c3oc3cc5c(cc34)-c3ccccc3C5c3ccccc3)c3ccccc23)cc1. The Bertz CT molecular complexity index is 9420. The molecule has 0 radical (unpaired) electrons. The van der Waals surface area contributed by atoms with Gasteiger partial charge in [0.15, 0.2) is 0 Å². The number of rotatable bonds is 8. The van der Waals surface area contributed by atoms with Gasteiger partial charge in [0.2, 0.25) is 0 Å². The van der Waals surface area contributed by atoms with Crippen LogP contribution in [0.4, 0.5) is 0 Å². The van der Waals surface area contributed by atoms with Crippen LogP contribution in [0.5, 0.6) is 0 Å². The zero-order valence-corrected chi connectivity index (χ0v) is 73.2. The number of benzene rings is 23. The van der Waals surface area contributed by atoms with E-state index in [-0.39, 0.29) is 5.92 Å². The van der Waals surface area contributed by atoms with E-state index in [9.17, 15) is 0 Å². The summed E-state index contributed by atoms with van der Waals surface area (Å²) in [7, 11) is 0. The molecule has 1 aliphatic rings. The fourth-order valence-corrected chi connectivity index (χ4v) is 24.6. The molecule has 28 aromatic rings. The van der Waals surface area contributed by atoms with E-state index >= 15 is 0 Å². The van der Waals surface area contributed by atoms with Crippen molar-refractivity contribution < 1.29 is 8.83 Å². The minimum absolute atomic E-state index is 0.183. The van der Waals surface area contributed by atoms with Crippen LogP contribution in [0.25, 0.3) is 254 Å². The van der Waals surface area contributed by atoms with Crippen molar-refractivity contribution in [1.82, 2.24) is 4.57 Å². The zero-order valence-electron chi connectivity index (χ0n) is 71.5. The molecule has 0 saturated heterocycles. The first-order valence-electron chi connectivity index (χ1n) is 45.4. The Balaban J connectivity index is 0.000000102. The molecule has 3 nitrogen and oxygen atoms in total. The lowest BCUT2D eigenvalue weighted by molar-refractivity contribution is 0.669. The van der Waals surface area contributed by atoms with E-state index in [2.05, 4.69) is 466 Å². The molecule has 5 heteroatoms. The van der Waals surface area contributed by atoms with Crippen LogP contribution in [0, 0.1) is 0 Å². The van der Waals surface area contributed by atoms with Gasteiger partial charge in [0, 0.05) is 107 Å². The van der Waals surface area contributed by atoms with Gasteiger partial charge in [0.1, 0.15) is 22.3 Å². The molecule has 0 saturated carbocycles. The molecule has 0 N–H and O–H groups in total. The predicted molar refractivity (Wildman–Crippen MR) is 564 cm³/mol. The molecule has 29 rings (SSSR count). The summed E-state index contributed by atoms with van der Waals surface area (Å²) in [6.45, 7) is 0. The molecule has 1 unspecified atom stereocenters. The maximum atomic E-state index is 6.96. The fraction of sp³-hybridized carbons (Fsp3) is 0.00787. The standard InChI is InChI=1S/C45H28O.C44H27NS.C38H22OS/c1-3-14-28(15-4-1)42-32-20-9-11-22-34(32)44(35-23-12-10-21-33(35)42)37-25-13-24-36-39-26-38-30-18-7-8-19-31(30)43(29-16-5-2-6-17-29)40(38)27-41(39)46-45(36)37;1-3-13-28(14-4-1)43-33-18-7-9-20-35(33)44(36-21-10-8-19-34(36)43)29-23-24-32-38-26-37-31-17-11-12-22-39(31)45(30-15-5-2-6-16-30)40(37)27-42(38)46-41(32)25-29;1-2-12-23(13-3-1)34-25-15-4-6-17-27(25)35(28-18-7-5-16-26(28)34)31-22-30-24-14-9-11-21-33(24)40-38(30)36-29-19-8-10-20-32(29)39-37(31)36/h1-27,43H;1-27H;1-22H. The van der Waals surface area contributed by atoms with E-state index in [1.165, 1.54) is 227 Å². The van der Waals surface area contributed by atoms with Gasteiger partial charge < -0.3 is 13.4 Å². The molecule has 0 fully saturated rings. The molecule has 5 aromatic heterocycles. The van der Waals surface area contributed by atoms with Crippen molar-refractivity contribution >= 4 is 193 Å². The molecule has 1 atom stereocenters. The maximum Gasteiger partial charge on any atom is 0.144 e. The molecule has 23 aromatic carbocycles. The minimum Gasteiger partial charge on any atom is -0.455 e. The van der Waals surface area contributed by atoms with Gasteiger partial charge in [-0.15, -0.1) is 22.7 Å². The lowest BCUT2D eigenvalue weighted by Gasteiger charge is -2.18. The van der Waals surface area contributed by atoms with Crippen molar-refractivity contribution in [2.45, 2.75) is 5.92 Å². The highest BCUT2D eigenvalue weighted by Crippen LogP contribution is 2.56. The molecule has 0 aliphatic heterocycles. The van der Waals surface area contributed by atoms with Crippen LogP contribution >= 0.6 is 22.7 Å². The molecule has 1 aliphatic carbocycles. The summed E-state index contributed by atoms with van der Waals surface area (Å²) in [6, 6.07) is 168. The third kappa shape index (κ3) is 11.8. The lowest BCUT2D eigenvalue weighted by atomic mass is 9.85. The molecule has 5 heterocycles. The molecule has 132 heavy (non-hydrogen) atoms. The summed E-state index contributed by atoms with van der Waals surface area (Å²) >= 11 is 3.76. The van der Waals surface area contributed by atoms with E-state index in [1.807, 2.05) is 22.7 Å². The second kappa shape index (κ2) is 30.6. The van der Waals surface area contributed by atoms with Crippen molar-refractivity contribution in [3.8, 4) is 83.6 Å². The van der Waals surface area contributed by atoms with E-state index in [0.29, 0.717) is 0 Å². The number of furan rings is 2. The number of thiophene rings is 2. The van der Waals surface area contributed by atoms with Gasteiger partial charge in [-0.3, -0.25) is 0 Å². The first-order valence-corrected chi connectivity index (χ1v) is 47.0. The predicted octanol–water partition coefficient (Wildman–Crippen LogP) is 36.8. The molecule has 0 amide bonds. The Morgan fingerprint density at radius 2 is 0.614 bits per heavy atom. The summed E-state index contributed by atoms with van der Waals surface area (Å²) in [6.07, 6.45) is 0. The Morgan fingerprint density at radius 3 is 1.18 bits per heavy atom. The molecule has 0 spiro atoms. The van der Waals surface area contributed by atoms with Gasteiger partial charge in [-0.05, 0) is 204 Å². The van der Waals surface area contributed by atoms with E-state index < -0.39 is 0 Å². The molecule has 0 bridgehead atoms. The Morgan fingerprint density at radius 1 is 0.197 bits per heavy atom. The van der Waals surface area contributed by atoms with E-state index in [1.54, 1.807) is 0 Å². The number of fused-ring (bicyclic) bond motifs is 25. The Labute approximate surface area is 768 Å². The van der Waals surface area contributed by atoms with Gasteiger partial charge in [0.25, 0.3) is 0 Å². The summed E-state index contributed by atoms with van der Waals surface area (Å²) in [5, 5.41) is 27.6. The topological polar surface area (TPSA) is 31.2 Å². The number of aromatic nitrogens is 1. The second-order valence-corrected chi connectivity index (χ2v) is 37.0. The van der Waals surface area contributed by atoms with Crippen LogP contribution in [0.15, 0.2) is 470 Å². The van der Waals surface area contributed by atoms with Gasteiger partial charge >= 0.3 is 0 Å². The molecular weight excluding hydrogens is 1640 g/mol. The van der Waals surface area contributed by atoms with Gasteiger partial charge in [0.05, 0.1) is 11.0 Å². The van der Waals surface area contributed by atoms with Crippen molar-refractivity contribution in [2.24, 2.45) is 0 Å². The van der Waals surface area contributed by atoms with Crippen LogP contribution < -0.4 is 0 Å². The minimum atomic E-state index is 0.183. The van der Waals surface area contributed by atoms with E-state index in [0.717, 1.165) is 44.2 Å². The number of nitrogens with zero attached hydrogens (tertiary/aromatic N) is 1. The first kappa shape index (κ1) is 75.6. The summed E-state index contributed by atoms with van der Waals surface area (Å²) in [4.78, 5) is 0. The number of hydrogen-bond acceptors (Lipinski definition) is 4. The van der Waals surface area contributed by atoms with E-state index in [4.69, 9.17) is 8.83 Å². The monoisotopic (exact) mass is 1710 g/mol. The zero-order chi connectivity index (χ0) is 86.6. The first-order chi connectivity index (χ1) is 65.5. The van der Waals surface area contributed by atoms with Crippen LogP contribution in [-0.2, 0) is 0 Å². The third-order valence-electron chi connectivity index (χ3n) is 27.8. The Kier molecular flexibility index (Phi) is 17.5. The maximum absolute atomic E-state index is 6.96. The van der Waals surface area contributed by atoms with Crippen LogP contribution in [0.3, 0.4) is 0 Å². The summed E-state index contributed by atoms with van der Waals surface area (Å²) in [5.74, 6) is 0.183. The normalized spacial score (nSPS) is 12.6. The van der Waals surface area contributed by atoms with Crippen molar-refractivity contribution in [3.05, 3.63) is 478 Å². The van der Waals surface area contributed by atoms with Crippen molar-refractivity contribution in [1.29, 1.82) is 0 Å². The van der Waals surface area contributed by atoms with Gasteiger partial charge in [-0.25, -0.2) is 0 Å². The van der Waals surface area contributed by atoms with Crippen LogP contribution in [0.1, 0.15) is 22.6 Å². The number of hydrogen-bond donors (Lipinski definition) is 0. The molecule has 614 valence electrons. The molecular formula is C127H77NO2S2. The largest absolute Gasteiger partial charge is 0.455 e.